The predicted molar refractivity (Wildman–Crippen MR) is 137 cm³/mol. The molecule has 2 aromatic heterocycles. The minimum Gasteiger partial charge on any atom is -0.481 e. The highest BCUT2D eigenvalue weighted by molar-refractivity contribution is 6.10. The van der Waals surface area contributed by atoms with Gasteiger partial charge in [-0.15, -0.1) is 0 Å². The smallest absolute Gasteiger partial charge is 0.314 e. The number of rotatable bonds is 6. The summed E-state index contributed by atoms with van der Waals surface area (Å²) in [5.74, 6) is 0.495. The molecule has 36 heavy (non-hydrogen) atoms. The molecule has 6 rings (SSSR count). The maximum atomic E-state index is 13.5. The molecular formula is C29H26N4O3. The lowest BCUT2D eigenvalue weighted by atomic mass is 9.92. The highest BCUT2D eigenvalue weighted by Crippen LogP contribution is 2.49. The van der Waals surface area contributed by atoms with Gasteiger partial charge in [-0.1, -0.05) is 42.5 Å². The molecule has 7 nitrogen and oxygen atoms in total. The van der Waals surface area contributed by atoms with E-state index in [1.54, 1.807) is 11.1 Å². The quantitative estimate of drug-likeness (QED) is 0.397. The number of carboxylic acid groups (broad SMARTS) is 1. The van der Waals surface area contributed by atoms with Crippen LogP contribution in [-0.4, -0.2) is 31.5 Å². The van der Waals surface area contributed by atoms with Crippen LogP contribution < -0.4 is 4.90 Å². The predicted octanol–water partition coefficient (Wildman–Crippen LogP) is 5.47. The Hall–Kier alpha value is -4.26. The molecule has 4 aromatic rings. The zero-order valence-electron chi connectivity index (χ0n) is 20.2. The summed E-state index contributed by atoms with van der Waals surface area (Å²) in [6.45, 7) is 4.63. The number of aromatic nitrogens is 3. The third kappa shape index (κ3) is 3.50. The summed E-state index contributed by atoms with van der Waals surface area (Å²) in [5.41, 5.74) is 4.18. The van der Waals surface area contributed by atoms with E-state index in [4.69, 9.17) is 4.98 Å². The summed E-state index contributed by atoms with van der Waals surface area (Å²) in [6.07, 6.45) is 5.02. The van der Waals surface area contributed by atoms with Crippen molar-refractivity contribution in [3.05, 3.63) is 89.7 Å². The first-order chi connectivity index (χ1) is 17.4. The lowest BCUT2D eigenvalue weighted by Gasteiger charge is -2.16. The number of hydrogen-bond acceptors (Lipinski definition) is 4. The average molecular weight is 479 g/mol. The SMILES string of the molecule is CC(C)n1ccnc1-c1cccc(N2Cc3ccc(-c4cccc(C5(C(=O)O)CC5)c4)cc3C2=O)n1. The zero-order valence-corrected chi connectivity index (χ0v) is 20.2. The van der Waals surface area contributed by atoms with Crippen LogP contribution in [0.2, 0.25) is 0 Å². The standard InChI is InChI=1S/C29H26N4O3/c1-18(2)32-14-13-30-26(32)24-7-4-8-25(31-24)33-17-21-10-9-20(16-23(21)27(33)34)19-5-3-6-22(15-19)29(11-12-29)28(35)36/h3-10,13-16,18H,11-12,17H2,1-2H3,(H,35,36). The molecule has 1 aliphatic carbocycles. The van der Waals surface area contributed by atoms with E-state index < -0.39 is 11.4 Å². The molecule has 0 saturated heterocycles. The second-order valence-corrected chi connectivity index (χ2v) is 9.86. The van der Waals surface area contributed by atoms with Crippen molar-refractivity contribution in [2.45, 2.75) is 44.7 Å². The molecule has 7 heteroatoms. The fraction of sp³-hybridized carbons (Fsp3) is 0.241. The molecule has 180 valence electrons. The first-order valence-electron chi connectivity index (χ1n) is 12.2. The molecule has 0 spiro atoms. The second kappa shape index (κ2) is 8.16. The van der Waals surface area contributed by atoms with Gasteiger partial charge < -0.3 is 9.67 Å². The molecule has 2 aliphatic rings. The topological polar surface area (TPSA) is 88.3 Å². The molecule has 1 saturated carbocycles. The number of hydrogen-bond donors (Lipinski definition) is 1. The fourth-order valence-electron chi connectivity index (χ4n) is 5.04. The third-order valence-corrected chi connectivity index (χ3v) is 7.29. The van der Waals surface area contributed by atoms with E-state index in [-0.39, 0.29) is 11.9 Å². The lowest BCUT2D eigenvalue weighted by Crippen LogP contribution is -2.24. The normalized spacial score (nSPS) is 15.9. The van der Waals surface area contributed by atoms with Crippen LogP contribution in [0.1, 0.15) is 54.2 Å². The molecular weight excluding hydrogens is 452 g/mol. The monoisotopic (exact) mass is 478 g/mol. The number of anilines is 1. The number of fused-ring (bicyclic) bond motifs is 1. The van der Waals surface area contributed by atoms with Gasteiger partial charge in [0.1, 0.15) is 11.5 Å². The maximum absolute atomic E-state index is 13.5. The number of aliphatic carboxylic acids is 1. The number of carbonyl (C=O) groups is 2. The number of carbonyl (C=O) groups excluding carboxylic acids is 1. The third-order valence-electron chi connectivity index (χ3n) is 7.29. The number of carboxylic acids is 1. The largest absolute Gasteiger partial charge is 0.481 e. The molecule has 0 unspecified atom stereocenters. The van der Waals surface area contributed by atoms with Gasteiger partial charge in [-0.3, -0.25) is 14.5 Å². The van der Waals surface area contributed by atoms with Gasteiger partial charge >= 0.3 is 5.97 Å². The Morgan fingerprint density at radius 1 is 1.03 bits per heavy atom. The van der Waals surface area contributed by atoms with Crippen LogP contribution in [0.5, 0.6) is 0 Å². The Balaban J connectivity index is 1.31. The van der Waals surface area contributed by atoms with Crippen molar-refractivity contribution in [1.82, 2.24) is 14.5 Å². The van der Waals surface area contributed by atoms with Gasteiger partial charge in [0.15, 0.2) is 5.82 Å². The van der Waals surface area contributed by atoms with E-state index in [0.717, 1.165) is 33.8 Å². The molecule has 3 heterocycles. The van der Waals surface area contributed by atoms with Crippen LogP contribution in [0.3, 0.4) is 0 Å². The molecule has 1 N–H and O–H groups in total. The van der Waals surface area contributed by atoms with E-state index in [9.17, 15) is 14.7 Å². The molecule has 1 aliphatic heterocycles. The summed E-state index contributed by atoms with van der Waals surface area (Å²) >= 11 is 0. The highest BCUT2D eigenvalue weighted by Gasteiger charge is 2.51. The van der Waals surface area contributed by atoms with Gasteiger partial charge in [-0.05, 0) is 67.1 Å². The van der Waals surface area contributed by atoms with Gasteiger partial charge in [0.25, 0.3) is 5.91 Å². The Morgan fingerprint density at radius 2 is 1.81 bits per heavy atom. The van der Waals surface area contributed by atoms with Crippen molar-refractivity contribution < 1.29 is 14.7 Å². The molecule has 2 aromatic carbocycles. The van der Waals surface area contributed by atoms with Crippen LogP contribution in [0.25, 0.3) is 22.6 Å². The van der Waals surface area contributed by atoms with E-state index in [0.29, 0.717) is 30.8 Å². The molecule has 0 radical (unpaired) electrons. The minimum atomic E-state index is -0.773. The fourth-order valence-corrected chi connectivity index (χ4v) is 5.04. The van der Waals surface area contributed by atoms with E-state index >= 15 is 0 Å². The molecule has 1 amide bonds. The molecule has 1 fully saturated rings. The average Bonchev–Trinajstić information content (AvgIpc) is 3.44. The highest BCUT2D eigenvalue weighted by atomic mass is 16.4. The summed E-state index contributed by atoms with van der Waals surface area (Å²) < 4.78 is 2.06. The van der Waals surface area contributed by atoms with Crippen LogP contribution in [0, 0.1) is 0 Å². The van der Waals surface area contributed by atoms with Crippen molar-refractivity contribution in [2.24, 2.45) is 0 Å². The van der Waals surface area contributed by atoms with Crippen molar-refractivity contribution in [1.29, 1.82) is 0 Å². The van der Waals surface area contributed by atoms with E-state index in [1.165, 1.54) is 0 Å². The summed E-state index contributed by atoms with van der Waals surface area (Å²) in [5, 5.41) is 9.68. The van der Waals surface area contributed by atoms with Gasteiger partial charge in [-0.2, -0.15) is 0 Å². The van der Waals surface area contributed by atoms with Crippen LogP contribution in [-0.2, 0) is 16.8 Å². The van der Waals surface area contributed by atoms with Gasteiger partial charge in [0.05, 0.1) is 12.0 Å². The summed E-state index contributed by atoms with van der Waals surface area (Å²) in [7, 11) is 0. The second-order valence-electron chi connectivity index (χ2n) is 9.86. The van der Waals surface area contributed by atoms with Crippen molar-refractivity contribution in [2.75, 3.05) is 4.90 Å². The Morgan fingerprint density at radius 3 is 2.56 bits per heavy atom. The first kappa shape index (κ1) is 22.2. The zero-order chi connectivity index (χ0) is 25.0. The number of pyridine rings is 1. The van der Waals surface area contributed by atoms with Crippen LogP contribution in [0.15, 0.2) is 73.1 Å². The Bertz CT molecular complexity index is 1520. The van der Waals surface area contributed by atoms with Gasteiger partial charge in [-0.25, -0.2) is 9.97 Å². The number of benzene rings is 2. The maximum Gasteiger partial charge on any atom is 0.314 e. The summed E-state index contributed by atoms with van der Waals surface area (Å²) in [4.78, 5) is 36.2. The van der Waals surface area contributed by atoms with E-state index in [1.807, 2.05) is 66.9 Å². The molecule has 0 bridgehead atoms. The van der Waals surface area contributed by atoms with Crippen molar-refractivity contribution >= 4 is 17.7 Å². The van der Waals surface area contributed by atoms with Crippen molar-refractivity contribution in [3.63, 3.8) is 0 Å². The van der Waals surface area contributed by atoms with Crippen molar-refractivity contribution in [3.8, 4) is 22.6 Å². The number of amides is 1. The van der Waals surface area contributed by atoms with Crippen LogP contribution >= 0.6 is 0 Å². The lowest BCUT2D eigenvalue weighted by molar-refractivity contribution is -0.140. The van der Waals surface area contributed by atoms with Crippen LogP contribution in [0.4, 0.5) is 5.82 Å². The first-order valence-corrected chi connectivity index (χ1v) is 12.2. The van der Waals surface area contributed by atoms with Gasteiger partial charge in [0, 0.05) is 24.0 Å². The number of nitrogens with zero attached hydrogens (tertiary/aromatic N) is 4. The Kier molecular flexibility index (Phi) is 5.03. The Labute approximate surface area is 209 Å². The number of imidazole rings is 1. The minimum absolute atomic E-state index is 0.0935. The molecule has 0 atom stereocenters. The van der Waals surface area contributed by atoms with Gasteiger partial charge in [0.2, 0.25) is 0 Å². The summed E-state index contributed by atoms with van der Waals surface area (Å²) in [6, 6.07) is 19.5. The van der Waals surface area contributed by atoms with E-state index in [2.05, 4.69) is 23.4 Å².